The largest absolute Gasteiger partial charge is 0.388 e. The number of benzene rings is 1. The van der Waals surface area contributed by atoms with Crippen molar-refractivity contribution in [2.24, 2.45) is 13.0 Å². The van der Waals surface area contributed by atoms with Gasteiger partial charge in [-0.3, -0.25) is 4.68 Å². The first-order chi connectivity index (χ1) is 12.1. The summed E-state index contributed by atoms with van der Waals surface area (Å²) in [5.41, 5.74) is 1.70. The molecule has 2 N–H and O–H groups in total. The summed E-state index contributed by atoms with van der Waals surface area (Å²) in [6.07, 6.45) is 2.73. The van der Waals surface area contributed by atoms with Gasteiger partial charge in [0.25, 0.3) is 0 Å². The molecule has 0 radical (unpaired) electrons. The zero-order valence-corrected chi connectivity index (χ0v) is 14.8. The molecule has 0 aliphatic carbocycles. The van der Waals surface area contributed by atoms with E-state index in [1.54, 1.807) is 10.9 Å². The van der Waals surface area contributed by atoms with E-state index in [9.17, 15) is 5.11 Å². The summed E-state index contributed by atoms with van der Waals surface area (Å²) in [5.74, 6) is 0.751. The van der Waals surface area contributed by atoms with E-state index >= 15 is 0 Å². The Hall–Kier alpha value is -2.51. The van der Waals surface area contributed by atoms with E-state index in [-0.39, 0.29) is 5.92 Å². The third-order valence-corrected chi connectivity index (χ3v) is 4.25. The van der Waals surface area contributed by atoms with E-state index in [1.807, 2.05) is 51.5 Å². The molecular weight excluding hydrogens is 316 g/mol. The summed E-state index contributed by atoms with van der Waals surface area (Å²) in [6.45, 7) is 1.35. The van der Waals surface area contributed by atoms with E-state index in [0.29, 0.717) is 6.54 Å². The van der Waals surface area contributed by atoms with Crippen molar-refractivity contribution in [2.45, 2.75) is 6.10 Å². The second kappa shape index (κ2) is 7.58. The van der Waals surface area contributed by atoms with Crippen LogP contribution in [0.1, 0.15) is 11.7 Å². The Kier molecular flexibility index (Phi) is 5.25. The van der Waals surface area contributed by atoms with Crippen LogP contribution in [0.3, 0.4) is 0 Å². The zero-order chi connectivity index (χ0) is 17.8. The van der Waals surface area contributed by atoms with Gasteiger partial charge >= 0.3 is 0 Å². The van der Waals surface area contributed by atoms with Crippen LogP contribution in [0.5, 0.6) is 0 Å². The molecule has 2 heterocycles. The van der Waals surface area contributed by atoms with Crippen LogP contribution in [0.4, 0.5) is 5.82 Å². The molecular formula is C18H24N6O. The normalized spacial score (nSPS) is 14.0. The summed E-state index contributed by atoms with van der Waals surface area (Å²) >= 11 is 0. The van der Waals surface area contributed by atoms with Gasteiger partial charge < -0.3 is 15.3 Å². The van der Waals surface area contributed by atoms with Gasteiger partial charge in [0.1, 0.15) is 12.1 Å². The molecule has 3 rings (SSSR count). The van der Waals surface area contributed by atoms with Crippen LogP contribution < -0.4 is 5.32 Å². The molecule has 0 aliphatic rings. The van der Waals surface area contributed by atoms with E-state index in [4.69, 9.17) is 0 Å². The van der Waals surface area contributed by atoms with Crippen LogP contribution >= 0.6 is 0 Å². The highest BCUT2D eigenvalue weighted by Crippen LogP contribution is 2.24. The first kappa shape index (κ1) is 17.3. The van der Waals surface area contributed by atoms with Gasteiger partial charge in [-0.25, -0.2) is 9.97 Å². The maximum absolute atomic E-state index is 10.8. The van der Waals surface area contributed by atoms with Gasteiger partial charge in [0.2, 0.25) is 0 Å². The number of aliphatic hydroxyl groups is 1. The highest BCUT2D eigenvalue weighted by Gasteiger charge is 2.22. The average molecular weight is 340 g/mol. The van der Waals surface area contributed by atoms with E-state index in [1.165, 1.54) is 6.33 Å². The molecule has 2 unspecified atom stereocenters. The monoisotopic (exact) mass is 340 g/mol. The summed E-state index contributed by atoms with van der Waals surface area (Å²) in [6, 6.07) is 9.76. The molecule has 7 heteroatoms. The number of hydrogen-bond donors (Lipinski definition) is 2. The van der Waals surface area contributed by atoms with Gasteiger partial charge in [0, 0.05) is 26.1 Å². The third-order valence-electron chi connectivity index (χ3n) is 4.25. The fourth-order valence-electron chi connectivity index (χ4n) is 3.00. The summed E-state index contributed by atoms with van der Waals surface area (Å²) < 4.78 is 1.72. The predicted octanol–water partition coefficient (Wildman–Crippen LogP) is 1.69. The molecule has 0 saturated carbocycles. The first-order valence-corrected chi connectivity index (χ1v) is 8.30. The number of anilines is 1. The second-order valence-electron chi connectivity index (χ2n) is 6.49. The number of nitrogens with one attached hydrogen (secondary N) is 1. The molecule has 3 aromatic rings. The van der Waals surface area contributed by atoms with Crippen LogP contribution in [0, 0.1) is 5.92 Å². The lowest BCUT2D eigenvalue weighted by Gasteiger charge is -2.26. The highest BCUT2D eigenvalue weighted by molar-refractivity contribution is 5.85. The van der Waals surface area contributed by atoms with Crippen molar-refractivity contribution < 1.29 is 5.11 Å². The van der Waals surface area contributed by atoms with E-state index in [2.05, 4.69) is 25.3 Å². The van der Waals surface area contributed by atoms with E-state index in [0.717, 1.165) is 29.0 Å². The molecule has 7 nitrogen and oxygen atoms in total. The lowest BCUT2D eigenvalue weighted by Crippen LogP contribution is -2.32. The Bertz CT molecular complexity index is 817. The Labute approximate surface area is 147 Å². The summed E-state index contributed by atoms with van der Waals surface area (Å²) in [7, 11) is 5.87. The summed E-state index contributed by atoms with van der Waals surface area (Å²) in [5, 5.41) is 19.3. The highest BCUT2D eigenvalue weighted by atomic mass is 16.3. The topological polar surface area (TPSA) is 79.1 Å². The van der Waals surface area contributed by atoms with Crippen molar-refractivity contribution in [1.29, 1.82) is 0 Å². The number of nitrogens with zero attached hydrogens (tertiary/aromatic N) is 5. The smallest absolute Gasteiger partial charge is 0.163 e. The number of aromatic nitrogens is 4. The van der Waals surface area contributed by atoms with Gasteiger partial charge in [-0.1, -0.05) is 30.3 Å². The Morgan fingerprint density at radius 2 is 1.96 bits per heavy atom. The lowest BCUT2D eigenvalue weighted by atomic mass is 9.95. The molecule has 132 valence electrons. The lowest BCUT2D eigenvalue weighted by molar-refractivity contribution is 0.0969. The molecule has 1 aromatic carbocycles. The second-order valence-corrected chi connectivity index (χ2v) is 6.49. The molecule has 0 aliphatic heterocycles. The van der Waals surface area contributed by atoms with Gasteiger partial charge in [-0.15, -0.1) is 0 Å². The molecule has 25 heavy (non-hydrogen) atoms. The summed E-state index contributed by atoms with van der Waals surface area (Å²) in [4.78, 5) is 10.7. The van der Waals surface area contributed by atoms with Crippen molar-refractivity contribution in [3.05, 3.63) is 48.4 Å². The predicted molar refractivity (Wildman–Crippen MR) is 98.2 cm³/mol. The number of aliphatic hydroxyl groups excluding tert-OH is 1. The molecule has 0 spiro atoms. The molecule has 0 saturated heterocycles. The van der Waals surface area contributed by atoms with E-state index < -0.39 is 6.10 Å². The Balaban J connectivity index is 1.78. The van der Waals surface area contributed by atoms with Gasteiger partial charge in [0.05, 0.1) is 17.7 Å². The fourth-order valence-corrected chi connectivity index (χ4v) is 3.00. The minimum atomic E-state index is -0.553. The number of hydrogen-bond acceptors (Lipinski definition) is 6. The quantitative estimate of drug-likeness (QED) is 0.681. The van der Waals surface area contributed by atoms with Crippen LogP contribution in [-0.2, 0) is 7.05 Å². The van der Waals surface area contributed by atoms with Crippen molar-refractivity contribution in [2.75, 3.05) is 32.5 Å². The molecule has 0 amide bonds. The van der Waals surface area contributed by atoms with Crippen molar-refractivity contribution in [3.8, 4) is 0 Å². The van der Waals surface area contributed by atoms with Crippen LogP contribution in [0.15, 0.2) is 42.9 Å². The Morgan fingerprint density at radius 1 is 1.20 bits per heavy atom. The van der Waals surface area contributed by atoms with Crippen molar-refractivity contribution in [3.63, 3.8) is 0 Å². The fraction of sp³-hybridized carbons (Fsp3) is 0.389. The Morgan fingerprint density at radius 3 is 2.68 bits per heavy atom. The van der Waals surface area contributed by atoms with Gasteiger partial charge in [-0.05, 0) is 19.7 Å². The number of fused-ring (bicyclic) bond motifs is 1. The SMILES string of the molecule is CN(C)CC(CNc1ncnc2c1cnn2C)C(O)c1ccccc1. The van der Waals surface area contributed by atoms with Crippen molar-refractivity contribution >= 4 is 16.9 Å². The first-order valence-electron chi connectivity index (χ1n) is 8.30. The average Bonchev–Trinajstić information content (AvgIpc) is 3.00. The molecule has 0 fully saturated rings. The molecule has 2 aromatic heterocycles. The molecule has 2 atom stereocenters. The third kappa shape index (κ3) is 3.94. The maximum Gasteiger partial charge on any atom is 0.163 e. The van der Waals surface area contributed by atoms with Gasteiger partial charge in [-0.2, -0.15) is 5.10 Å². The van der Waals surface area contributed by atoms with Crippen LogP contribution in [-0.4, -0.2) is 56.9 Å². The number of rotatable bonds is 7. The van der Waals surface area contributed by atoms with Gasteiger partial charge in [0.15, 0.2) is 5.65 Å². The zero-order valence-electron chi connectivity index (χ0n) is 14.8. The standard InChI is InChI=1S/C18H24N6O/c1-23(2)11-14(16(25)13-7-5-4-6-8-13)9-19-17-15-10-22-24(3)18(15)21-12-20-17/h4-8,10,12,14,16,25H,9,11H2,1-3H3,(H,19,20,21). The maximum atomic E-state index is 10.8. The van der Waals surface area contributed by atoms with Crippen LogP contribution in [0.2, 0.25) is 0 Å². The number of aryl methyl sites for hydroxylation is 1. The minimum Gasteiger partial charge on any atom is -0.388 e. The van der Waals surface area contributed by atoms with Crippen molar-refractivity contribution in [1.82, 2.24) is 24.6 Å². The van der Waals surface area contributed by atoms with Crippen LogP contribution in [0.25, 0.3) is 11.0 Å². The minimum absolute atomic E-state index is 0.0130. The molecule has 0 bridgehead atoms.